The van der Waals surface area contributed by atoms with Crippen LogP contribution in [0.15, 0.2) is 16.8 Å². The van der Waals surface area contributed by atoms with Crippen molar-refractivity contribution in [2.45, 2.75) is 38.8 Å². The van der Waals surface area contributed by atoms with Gasteiger partial charge in [0.05, 0.1) is 11.8 Å². The first kappa shape index (κ1) is 11.4. The van der Waals surface area contributed by atoms with Crippen molar-refractivity contribution in [1.82, 2.24) is 5.32 Å². The predicted molar refractivity (Wildman–Crippen MR) is 59.5 cm³/mol. The number of nitrogens with zero attached hydrogens (tertiary/aromatic N) is 1. The Bertz CT molecular complexity index is 235. The van der Waals surface area contributed by atoms with E-state index < -0.39 is 6.10 Å². The molecule has 0 heterocycles. The number of hydrogen-bond acceptors (Lipinski definition) is 3. The summed E-state index contributed by atoms with van der Waals surface area (Å²) < 4.78 is 0. The van der Waals surface area contributed by atoms with E-state index in [1.165, 1.54) is 0 Å². The molecule has 0 aliphatic heterocycles. The molecular weight excluding hydrogens is 176 g/mol. The minimum Gasteiger partial charge on any atom is -0.387 e. The highest BCUT2D eigenvalue weighted by Gasteiger charge is 2.22. The first-order valence-electron chi connectivity index (χ1n) is 5.24. The Kier molecular flexibility index (Phi) is 4.29. The van der Waals surface area contributed by atoms with E-state index >= 15 is 0 Å². The first-order chi connectivity index (χ1) is 6.69. The molecule has 3 heteroatoms. The zero-order valence-corrected chi connectivity index (χ0v) is 9.20. The van der Waals surface area contributed by atoms with E-state index in [0.717, 1.165) is 18.5 Å². The Hall–Kier alpha value is -0.670. The van der Waals surface area contributed by atoms with Gasteiger partial charge in [-0.3, -0.25) is 4.99 Å². The fourth-order valence-electron chi connectivity index (χ4n) is 1.85. The summed E-state index contributed by atoms with van der Waals surface area (Å²) in [6.45, 7) is 4.07. The largest absolute Gasteiger partial charge is 0.387 e. The third-order valence-corrected chi connectivity index (χ3v) is 2.81. The smallest absolute Gasteiger partial charge is 0.0957 e. The minimum atomic E-state index is -0.396. The highest BCUT2D eigenvalue weighted by molar-refractivity contribution is 5.55. The molecule has 0 bridgehead atoms. The van der Waals surface area contributed by atoms with Crippen LogP contribution >= 0.6 is 0 Å². The molecule has 80 valence electrons. The van der Waals surface area contributed by atoms with Crippen LogP contribution in [0.4, 0.5) is 0 Å². The van der Waals surface area contributed by atoms with Gasteiger partial charge in [-0.1, -0.05) is 6.92 Å². The fourth-order valence-corrected chi connectivity index (χ4v) is 1.85. The minimum absolute atomic E-state index is 0.325. The Balaban J connectivity index is 2.85. The molecule has 0 saturated carbocycles. The van der Waals surface area contributed by atoms with Crippen molar-refractivity contribution in [1.29, 1.82) is 0 Å². The van der Waals surface area contributed by atoms with Gasteiger partial charge in [0.1, 0.15) is 0 Å². The fraction of sp³-hybridized carbons (Fsp3) is 0.727. The Morgan fingerprint density at radius 2 is 2.29 bits per heavy atom. The lowest BCUT2D eigenvalue weighted by atomic mass is 9.98. The number of rotatable bonds is 2. The number of hydrogen-bond donors (Lipinski definition) is 2. The van der Waals surface area contributed by atoms with Crippen LogP contribution in [0.5, 0.6) is 0 Å². The van der Waals surface area contributed by atoms with E-state index in [9.17, 15) is 5.11 Å². The van der Waals surface area contributed by atoms with Crippen molar-refractivity contribution in [3.63, 3.8) is 0 Å². The number of aliphatic hydroxyl groups is 1. The van der Waals surface area contributed by atoms with E-state index in [-0.39, 0.29) is 0 Å². The molecule has 0 fully saturated rings. The van der Waals surface area contributed by atoms with E-state index in [1.807, 2.05) is 20.0 Å². The van der Waals surface area contributed by atoms with Gasteiger partial charge in [-0.25, -0.2) is 0 Å². The summed E-state index contributed by atoms with van der Waals surface area (Å²) in [7, 11) is 1.95. The number of aliphatic imine (C=N–C) groups is 1. The normalized spacial score (nSPS) is 34.3. The molecule has 0 radical (unpaired) electrons. The van der Waals surface area contributed by atoms with Crippen LogP contribution in [-0.2, 0) is 0 Å². The maximum Gasteiger partial charge on any atom is 0.0957 e. The molecule has 0 aromatic rings. The van der Waals surface area contributed by atoms with Gasteiger partial charge in [0.15, 0.2) is 0 Å². The molecular formula is C11H20N2O. The topological polar surface area (TPSA) is 44.6 Å². The van der Waals surface area contributed by atoms with Crippen molar-refractivity contribution in [3.05, 3.63) is 11.8 Å². The van der Waals surface area contributed by atoms with Gasteiger partial charge in [0.2, 0.25) is 0 Å². The van der Waals surface area contributed by atoms with E-state index in [0.29, 0.717) is 12.0 Å². The molecule has 0 saturated heterocycles. The number of aliphatic hydroxyl groups excluding tert-OH is 1. The zero-order chi connectivity index (χ0) is 10.6. The van der Waals surface area contributed by atoms with Crippen molar-refractivity contribution < 1.29 is 5.11 Å². The monoisotopic (exact) mass is 196 g/mol. The molecule has 14 heavy (non-hydrogen) atoms. The van der Waals surface area contributed by atoms with E-state index in [2.05, 4.69) is 17.2 Å². The molecule has 3 nitrogen and oxygen atoms in total. The molecule has 0 aromatic carbocycles. The van der Waals surface area contributed by atoms with Crippen LogP contribution in [0.25, 0.3) is 0 Å². The van der Waals surface area contributed by atoms with Crippen LogP contribution in [0.3, 0.4) is 0 Å². The molecule has 2 N–H and O–H groups in total. The second-order valence-electron chi connectivity index (χ2n) is 3.86. The van der Waals surface area contributed by atoms with Crippen molar-refractivity contribution in [2.24, 2.45) is 10.9 Å². The SMILES string of the molecule is C/C=N\C1=CC(NC)C(C)CCC1O. The lowest BCUT2D eigenvalue weighted by Crippen LogP contribution is -2.29. The van der Waals surface area contributed by atoms with Gasteiger partial charge < -0.3 is 10.4 Å². The van der Waals surface area contributed by atoms with E-state index in [1.54, 1.807) is 6.21 Å². The lowest BCUT2D eigenvalue weighted by molar-refractivity contribution is 0.192. The zero-order valence-electron chi connectivity index (χ0n) is 9.20. The summed E-state index contributed by atoms with van der Waals surface area (Å²) in [4.78, 5) is 4.20. The lowest BCUT2D eigenvalue weighted by Gasteiger charge is -2.17. The average Bonchev–Trinajstić information content (AvgIpc) is 2.31. The molecule has 0 amide bonds. The molecule has 1 aliphatic rings. The van der Waals surface area contributed by atoms with Gasteiger partial charge in [0.25, 0.3) is 0 Å². The summed E-state index contributed by atoms with van der Waals surface area (Å²) >= 11 is 0. The van der Waals surface area contributed by atoms with Crippen molar-refractivity contribution in [3.8, 4) is 0 Å². The third kappa shape index (κ3) is 2.66. The second-order valence-corrected chi connectivity index (χ2v) is 3.86. The van der Waals surface area contributed by atoms with Crippen LogP contribution < -0.4 is 5.32 Å². The van der Waals surface area contributed by atoms with Gasteiger partial charge >= 0.3 is 0 Å². The number of likely N-dealkylation sites (N-methyl/N-ethyl adjacent to an activating group) is 1. The maximum absolute atomic E-state index is 9.80. The molecule has 1 rings (SSSR count). The van der Waals surface area contributed by atoms with Crippen LogP contribution in [-0.4, -0.2) is 30.5 Å². The maximum atomic E-state index is 9.80. The summed E-state index contributed by atoms with van der Waals surface area (Å²) in [6, 6.07) is 0.325. The molecule has 0 aromatic heterocycles. The van der Waals surface area contributed by atoms with Crippen molar-refractivity contribution >= 4 is 6.21 Å². The summed E-state index contributed by atoms with van der Waals surface area (Å²) in [5, 5.41) is 13.0. The standard InChI is InChI=1S/C11H20N2O/c1-4-13-10-7-9(12-3)8(2)5-6-11(10)14/h4,7-9,11-12,14H,5-6H2,1-3H3/b13-4-. The second kappa shape index (κ2) is 5.27. The quantitative estimate of drug-likeness (QED) is 0.655. The molecule has 3 unspecified atom stereocenters. The highest BCUT2D eigenvalue weighted by atomic mass is 16.3. The summed E-state index contributed by atoms with van der Waals surface area (Å²) in [6.07, 6.45) is 5.22. The first-order valence-corrected chi connectivity index (χ1v) is 5.24. The third-order valence-electron chi connectivity index (χ3n) is 2.81. The van der Waals surface area contributed by atoms with E-state index in [4.69, 9.17) is 0 Å². The Morgan fingerprint density at radius 3 is 2.86 bits per heavy atom. The summed E-state index contributed by atoms with van der Waals surface area (Å²) in [5.74, 6) is 0.555. The van der Waals surface area contributed by atoms with Crippen LogP contribution in [0.1, 0.15) is 26.7 Å². The predicted octanol–water partition coefficient (Wildman–Crippen LogP) is 1.34. The van der Waals surface area contributed by atoms with Gasteiger partial charge in [-0.2, -0.15) is 0 Å². The van der Waals surface area contributed by atoms with Gasteiger partial charge in [0, 0.05) is 12.3 Å². The van der Waals surface area contributed by atoms with Crippen LogP contribution in [0, 0.1) is 5.92 Å². The highest BCUT2D eigenvalue weighted by Crippen LogP contribution is 2.23. The molecule has 0 spiro atoms. The van der Waals surface area contributed by atoms with Crippen LogP contribution in [0.2, 0.25) is 0 Å². The molecule has 1 aliphatic carbocycles. The van der Waals surface area contributed by atoms with Gasteiger partial charge in [-0.15, -0.1) is 0 Å². The Labute approximate surface area is 85.9 Å². The molecule has 3 atom stereocenters. The Morgan fingerprint density at radius 1 is 1.57 bits per heavy atom. The average molecular weight is 196 g/mol. The van der Waals surface area contributed by atoms with Gasteiger partial charge in [-0.05, 0) is 38.8 Å². The van der Waals surface area contributed by atoms with Crippen molar-refractivity contribution in [2.75, 3.05) is 7.05 Å². The summed E-state index contributed by atoms with van der Waals surface area (Å²) in [5.41, 5.74) is 0.802. The number of nitrogens with one attached hydrogen (secondary N) is 1.